The lowest BCUT2D eigenvalue weighted by atomic mass is 9.91. The molecule has 0 bridgehead atoms. The van der Waals surface area contributed by atoms with Gasteiger partial charge in [-0.15, -0.1) is 0 Å². The number of carbonyl (C=O) groups is 1. The Bertz CT molecular complexity index is 665. The third-order valence-corrected chi connectivity index (χ3v) is 4.57. The van der Waals surface area contributed by atoms with E-state index < -0.39 is 5.60 Å². The smallest absolute Gasteiger partial charge is 0.252 e. The molecule has 3 rings (SSSR count). The SMILES string of the molecule is COC1(C(=O)NCc2ccccc2Cn2cncn2)CCNCC1. The third-order valence-electron chi connectivity index (χ3n) is 4.57. The second kappa shape index (κ2) is 7.55. The fourth-order valence-electron chi connectivity index (χ4n) is 3.06. The Morgan fingerprint density at radius 3 is 2.75 bits per heavy atom. The molecular weight excluding hydrogens is 306 g/mol. The number of rotatable bonds is 6. The number of hydrogen-bond acceptors (Lipinski definition) is 5. The van der Waals surface area contributed by atoms with Crippen molar-refractivity contribution in [2.45, 2.75) is 31.5 Å². The molecule has 0 unspecified atom stereocenters. The van der Waals surface area contributed by atoms with Gasteiger partial charge >= 0.3 is 0 Å². The minimum atomic E-state index is -0.716. The second-order valence-corrected chi connectivity index (χ2v) is 5.99. The monoisotopic (exact) mass is 329 g/mol. The molecule has 7 heteroatoms. The summed E-state index contributed by atoms with van der Waals surface area (Å²) in [6.45, 7) is 2.70. The number of hydrogen-bond donors (Lipinski definition) is 2. The van der Waals surface area contributed by atoms with Gasteiger partial charge in [-0.1, -0.05) is 24.3 Å². The summed E-state index contributed by atoms with van der Waals surface area (Å²) >= 11 is 0. The normalized spacial score (nSPS) is 16.7. The third kappa shape index (κ3) is 3.63. The summed E-state index contributed by atoms with van der Waals surface area (Å²) < 4.78 is 7.34. The molecule has 0 atom stereocenters. The average molecular weight is 329 g/mol. The average Bonchev–Trinajstić information content (AvgIpc) is 3.14. The van der Waals surface area contributed by atoms with E-state index in [1.807, 2.05) is 24.3 Å². The van der Waals surface area contributed by atoms with Gasteiger partial charge < -0.3 is 15.4 Å². The number of methoxy groups -OCH3 is 1. The standard InChI is InChI=1S/C17H23N5O2/c1-24-17(6-8-18-9-7-17)16(23)20-10-14-4-2-3-5-15(14)11-22-13-19-12-21-22/h2-5,12-13,18H,6-11H2,1H3,(H,20,23). The maximum Gasteiger partial charge on any atom is 0.252 e. The van der Waals surface area contributed by atoms with Crippen molar-refractivity contribution in [3.63, 3.8) is 0 Å². The molecule has 1 saturated heterocycles. The molecule has 1 fully saturated rings. The zero-order chi connectivity index (χ0) is 16.8. The van der Waals surface area contributed by atoms with Gasteiger partial charge in [0.2, 0.25) is 0 Å². The number of piperidine rings is 1. The molecule has 1 amide bonds. The van der Waals surface area contributed by atoms with Crippen LogP contribution < -0.4 is 10.6 Å². The van der Waals surface area contributed by atoms with E-state index in [2.05, 4.69) is 20.7 Å². The molecule has 2 heterocycles. The molecule has 1 aliphatic heterocycles. The minimum Gasteiger partial charge on any atom is -0.368 e. The molecular formula is C17H23N5O2. The molecule has 24 heavy (non-hydrogen) atoms. The van der Waals surface area contributed by atoms with Crippen molar-refractivity contribution < 1.29 is 9.53 Å². The Hall–Kier alpha value is -2.25. The highest BCUT2D eigenvalue weighted by molar-refractivity contribution is 5.85. The van der Waals surface area contributed by atoms with E-state index in [4.69, 9.17) is 4.74 Å². The van der Waals surface area contributed by atoms with Gasteiger partial charge in [0.1, 0.15) is 18.3 Å². The Morgan fingerprint density at radius 1 is 1.33 bits per heavy atom. The minimum absolute atomic E-state index is 0.0398. The zero-order valence-electron chi connectivity index (χ0n) is 13.9. The molecule has 2 aromatic rings. The van der Waals surface area contributed by atoms with Gasteiger partial charge in [0.25, 0.3) is 5.91 Å². The number of nitrogens with zero attached hydrogens (tertiary/aromatic N) is 3. The Morgan fingerprint density at radius 2 is 2.08 bits per heavy atom. The summed E-state index contributed by atoms with van der Waals surface area (Å²) in [7, 11) is 1.61. The van der Waals surface area contributed by atoms with Gasteiger partial charge in [0, 0.05) is 13.7 Å². The van der Waals surface area contributed by atoms with E-state index >= 15 is 0 Å². The summed E-state index contributed by atoms with van der Waals surface area (Å²) in [6, 6.07) is 8.03. The van der Waals surface area contributed by atoms with E-state index in [1.54, 1.807) is 18.1 Å². The first-order chi connectivity index (χ1) is 11.7. The van der Waals surface area contributed by atoms with Gasteiger partial charge in [0.15, 0.2) is 0 Å². The van der Waals surface area contributed by atoms with Crippen molar-refractivity contribution in [1.29, 1.82) is 0 Å². The number of amides is 1. The molecule has 7 nitrogen and oxygen atoms in total. The highest BCUT2D eigenvalue weighted by atomic mass is 16.5. The van der Waals surface area contributed by atoms with Gasteiger partial charge in [0.05, 0.1) is 6.54 Å². The Balaban J connectivity index is 1.67. The number of ether oxygens (including phenoxy) is 1. The van der Waals surface area contributed by atoms with E-state index in [1.165, 1.54) is 6.33 Å². The van der Waals surface area contributed by atoms with Crippen LogP contribution in [0.25, 0.3) is 0 Å². The molecule has 0 saturated carbocycles. The predicted octanol–water partition coefficient (Wildman–Crippen LogP) is 0.711. The first kappa shape index (κ1) is 16.6. The van der Waals surface area contributed by atoms with Gasteiger partial charge in [-0.05, 0) is 37.1 Å². The molecule has 1 aliphatic rings. The van der Waals surface area contributed by atoms with Crippen molar-refractivity contribution in [3.05, 3.63) is 48.0 Å². The number of benzene rings is 1. The molecule has 1 aromatic heterocycles. The van der Waals surface area contributed by atoms with Crippen molar-refractivity contribution in [3.8, 4) is 0 Å². The first-order valence-corrected chi connectivity index (χ1v) is 8.17. The maximum absolute atomic E-state index is 12.7. The topological polar surface area (TPSA) is 81.1 Å². The van der Waals surface area contributed by atoms with Crippen molar-refractivity contribution in [2.24, 2.45) is 0 Å². The van der Waals surface area contributed by atoms with Crippen molar-refractivity contribution >= 4 is 5.91 Å². The van der Waals surface area contributed by atoms with E-state index in [9.17, 15) is 4.79 Å². The predicted molar refractivity (Wildman–Crippen MR) is 89.3 cm³/mol. The molecule has 128 valence electrons. The van der Waals surface area contributed by atoms with Crippen molar-refractivity contribution in [2.75, 3.05) is 20.2 Å². The van der Waals surface area contributed by atoms with Gasteiger partial charge in [-0.2, -0.15) is 5.10 Å². The zero-order valence-corrected chi connectivity index (χ0v) is 13.9. The number of nitrogens with one attached hydrogen (secondary N) is 2. The van der Waals surface area contributed by atoms with Crippen LogP contribution in [0.1, 0.15) is 24.0 Å². The van der Waals surface area contributed by atoms with E-state index in [0.717, 1.165) is 24.2 Å². The van der Waals surface area contributed by atoms with E-state index in [0.29, 0.717) is 25.9 Å². The summed E-state index contributed by atoms with van der Waals surface area (Å²) in [5, 5.41) is 10.4. The molecule has 0 aliphatic carbocycles. The van der Waals surface area contributed by atoms with Gasteiger partial charge in [-0.25, -0.2) is 9.67 Å². The van der Waals surface area contributed by atoms with Crippen LogP contribution in [-0.2, 0) is 22.6 Å². The van der Waals surface area contributed by atoms with Crippen LogP contribution in [0.5, 0.6) is 0 Å². The lowest BCUT2D eigenvalue weighted by Crippen LogP contribution is -2.54. The largest absolute Gasteiger partial charge is 0.368 e. The summed E-state index contributed by atoms with van der Waals surface area (Å²) in [6.07, 6.45) is 4.58. The molecule has 0 radical (unpaired) electrons. The Kier molecular flexibility index (Phi) is 5.22. The van der Waals surface area contributed by atoms with Crippen LogP contribution in [0.15, 0.2) is 36.9 Å². The molecule has 1 aromatic carbocycles. The lowest BCUT2D eigenvalue weighted by Gasteiger charge is -2.34. The highest BCUT2D eigenvalue weighted by Crippen LogP contribution is 2.23. The molecule has 0 spiro atoms. The fraction of sp³-hybridized carbons (Fsp3) is 0.471. The van der Waals surface area contributed by atoms with Crippen LogP contribution in [0.4, 0.5) is 0 Å². The van der Waals surface area contributed by atoms with Crippen LogP contribution >= 0.6 is 0 Å². The van der Waals surface area contributed by atoms with E-state index in [-0.39, 0.29) is 5.91 Å². The lowest BCUT2D eigenvalue weighted by molar-refractivity contribution is -0.146. The van der Waals surface area contributed by atoms with Gasteiger partial charge in [-0.3, -0.25) is 4.79 Å². The summed E-state index contributed by atoms with van der Waals surface area (Å²) in [5.74, 6) is -0.0398. The fourth-order valence-corrected chi connectivity index (χ4v) is 3.06. The van der Waals surface area contributed by atoms with Crippen LogP contribution in [0.3, 0.4) is 0 Å². The van der Waals surface area contributed by atoms with Crippen LogP contribution in [0, 0.1) is 0 Å². The number of aromatic nitrogens is 3. The highest BCUT2D eigenvalue weighted by Gasteiger charge is 2.39. The summed E-state index contributed by atoms with van der Waals surface area (Å²) in [5.41, 5.74) is 1.47. The molecule has 2 N–H and O–H groups in total. The maximum atomic E-state index is 12.7. The first-order valence-electron chi connectivity index (χ1n) is 8.17. The number of carbonyl (C=O) groups excluding carboxylic acids is 1. The van der Waals surface area contributed by atoms with Crippen LogP contribution in [0.2, 0.25) is 0 Å². The Labute approximate surface area is 141 Å². The van der Waals surface area contributed by atoms with Crippen LogP contribution in [-0.4, -0.2) is 46.5 Å². The quantitative estimate of drug-likeness (QED) is 0.816. The summed E-state index contributed by atoms with van der Waals surface area (Å²) in [4.78, 5) is 16.6. The van der Waals surface area contributed by atoms with Crippen molar-refractivity contribution in [1.82, 2.24) is 25.4 Å². The second-order valence-electron chi connectivity index (χ2n) is 5.99.